The number of amides is 1. The lowest BCUT2D eigenvalue weighted by Gasteiger charge is -2.18. The van der Waals surface area contributed by atoms with Crippen molar-refractivity contribution in [1.29, 1.82) is 0 Å². The van der Waals surface area contributed by atoms with Crippen molar-refractivity contribution in [3.8, 4) is 22.9 Å². The lowest BCUT2D eigenvalue weighted by Crippen LogP contribution is -2.30. The molecule has 0 saturated carbocycles. The molecule has 0 fully saturated rings. The second-order valence-electron chi connectivity index (χ2n) is 7.10. The summed E-state index contributed by atoms with van der Waals surface area (Å²) in [6, 6.07) is 14.8. The van der Waals surface area contributed by atoms with Gasteiger partial charge in [0.25, 0.3) is 0 Å². The Balaban J connectivity index is 1.46. The molecule has 1 amide bonds. The van der Waals surface area contributed by atoms with Gasteiger partial charge in [-0.1, -0.05) is 30.0 Å². The number of benzene rings is 2. The van der Waals surface area contributed by atoms with E-state index in [1.165, 1.54) is 28.1 Å². The van der Waals surface area contributed by atoms with Crippen LogP contribution in [-0.4, -0.2) is 40.8 Å². The molecule has 0 radical (unpaired) electrons. The summed E-state index contributed by atoms with van der Waals surface area (Å²) in [6.07, 6.45) is 0. The molecule has 1 unspecified atom stereocenters. The van der Waals surface area contributed by atoms with Crippen molar-refractivity contribution in [3.05, 3.63) is 76.2 Å². The monoisotopic (exact) mass is 499 g/mol. The van der Waals surface area contributed by atoms with Gasteiger partial charge in [-0.05, 0) is 47.3 Å². The molecule has 11 heteroatoms. The Morgan fingerprint density at radius 3 is 2.59 bits per heavy atom. The number of halogens is 1. The summed E-state index contributed by atoms with van der Waals surface area (Å²) < 4.78 is 25.3. The normalized spacial score (nSPS) is 11.7. The van der Waals surface area contributed by atoms with Gasteiger partial charge >= 0.3 is 0 Å². The zero-order chi connectivity index (χ0) is 24.1. The first-order chi connectivity index (χ1) is 16.5. The average Bonchev–Trinajstić information content (AvgIpc) is 3.51. The maximum atomic E-state index is 13.4. The van der Waals surface area contributed by atoms with Crippen molar-refractivity contribution in [2.24, 2.45) is 0 Å². The zero-order valence-corrected chi connectivity index (χ0v) is 20.0. The minimum atomic E-state index is -0.383. The van der Waals surface area contributed by atoms with E-state index in [4.69, 9.17) is 15.3 Å². The lowest BCUT2D eigenvalue weighted by molar-refractivity contribution is -0.119. The Morgan fingerprint density at radius 1 is 1.15 bits per heavy atom. The number of thiophene rings is 1. The van der Waals surface area contributed by atoms with E-state index in [9.17, 15) is 9.18 Å². The van der Waals surface area contributed by atoms with E-state index < -0.39 is 0 Å². The van der Waals surface area contributed by atoms with Crippen molar-refractivity contribution in [3.63, 3.8) is 0 Å². The summed E-state index contributed by atoms with van der Waals surface area (Å²) in [4.78, 5) is 13.7. The number of nitrogens with one attached hydrogen (secondary N) is 1. The molecule has 4 aromatic rings. The summed E-state index contributed by atoms with van der Waals surface area (Å²) in [5.41, 5.74) is 1.48. The quantitative estimate of drug-likeness (QED) is 0.266. The molecule has 4 rings (SSSR count). The van der Waals surface area contributed by atoms with Crippen molar-refractivity contribution in [2.75, 3.05) is 25.8 Å². The van der Waals surface area contributed by atoms with Gasteiger partial charge in [0.2, 0.25) is 11.1 Å². The number of methoxy groups -OCH3 is 2. The summed E-state index contributed by atoms with van der Waals surface area (Å²) in [7, 11) is 3.10. The highest BCUT2D eigenvalue weighted by Gasteiger charge is 2.20. The highest BCUT2D eigenvalue weighted by atomic mass is 32.2. The third-order valence-corrected chi connectivity index (χ3v) is 6.86. The number of ether oxygens (including phenoxy) is 2. The van der Waals surface area contributed by atoms with Crippen LogP contribution in [0.3, 0.4) is 0 Å². The first-order valence-corrected chi connectivity index (χ1v) is 12.0. The first kappa shape index (κ1) is 23.6. The minimum Gasteiger partial charge on any atom is -0.493 e. The number of carbonyl (C=O) groups excluding carboxylic acids is 1. The molecular formula is C23H22FN5O3S2. The van der Waals surface area contributed by atoms with Gasteiger partial charge in [0.15, 0.2) is 17.3 Å². The molecule has 8 nitrogen and oxygen atoms in total. The topological polar surface area (TPSA) is 104 Å². The smallest absolute Gasteiger partial charge is 0.231 e. The second kappa shape index (κ2) is 10.6. The molecule has 2 aromatic heterocycles. The van der Waals surface area contributed by atoms with Crippen LogP contribution in [0.5, 0.6) is 11.5 Å². The summed E-state index contributed by atoms with van der Waals surface area (Å²) in [5.74, 6) is 7.27. The molecule has 0 bridgehead atoms. The van der Waals surface area contributed by atoms with Crippen LogP contribution < -0.4 is 20.6 Å². The van der Waals surface area contributed by atoms with Crippen LogP contribution in [0.2, 0.25) is 0 Å². The molecule has 34 heavy (non-hydrogen) atoms. The Bertz CT molecular complexity index is 1260. The van der Waals surface area contributed by atoms with E-state index in [2.05, 4.69) is 15.5 Å². The number of nitrogen functional groups attached to an aromatic ring is 1. The predicted molar refractivity (Wildman–Crippen MR) is 130 cm³/mol. The average molecular weight is 500 g/mol. The van der Waals surface area contributed by atoms with Gasteiger partial charge < -0.3 is 20.6 Å². The van der Waals surface area contributed by atoms with E-state index in [1.54, 1.807) is 44.6 Å². The number of hydrogen-bond donors (Lipinski definition) is 2. The summed E-state index contributed by atoms with van der Waals surface area (Å²) >= 11 is 2.68. The van der Waals surface area contributed by atoms with Crippen molar-refractivity contribution < 1.29 is 18.7 Å². The van der Waals surface area contributed by atoms with Crippen molar-refractivity contribution >= 4 is 29.0 Å². The van der Waals surface area contributed by atoms with Gasteiger partial charge in [-0.3, -0.25) is 4.79 Å². The van der Waals surface area contributed by atoms with Crippen LogP contribution >= 0.6 is 23.1 Å². The number of thioether (sulfide) groups is 1. The SMILES string of the molecule is COc1ccc(-c2nnc(SCC(=O)NC(c3ccc(F)cc3)c3cccs3)n2N)cc1OC. The van der Waals surface area contributed by atoms with Gasteiger partial charge in [0.1, 0.15) is 5.82 Å². The fourth-order valence-corrected chi connectivity index (χ4v) is 4.78. The van der Waals surface area contributed by atoms with Crippen molar-refractivity contribution in [2.45, 2.75) is 11.2 Å². The van der Waals surface area contributed by atoms with Gasteiger partial charge in [-0.15, -0.1) is 21.5 Å². The predicted octanol–water partition coefficient (Wildman–Crippen LogP) is 3.87. The summed E-state index contributed by atoms with van der Waals surface area (Å²) in [5, 5.41) is 13.6. The standard InChI is InChI=1S/C23H22FN5O3S2/c1-31-17-10-7-15(12-18(17)32-2)22-27-28-23(29(22)25)34-13-20(30)26-21(19-4-3-11-33-19)14-5-8-16(24)9-6-14/h3-12,21H,13,25H2,1-2H3,(H,26,30). The third-order valence-electron chi connectivity index (χ3n) is 4.98. The fourth-order valence-electron chi connectivity index (χ4n) is 3.31. The molecule has 2 heterocycles. The van der Waals surface area contributed by atoms with Gasteiger partial charge in [0, 0.05) is 10.4 Å². The summed E-state index contributed by atoms with van der Waals surface area (Å²) in [6.45, 7) is 0. The second-order valence-corrected chi connectivity index (χ2v) is 9.02. The maximum Gasteiger partial charge on any atom is 0.231 e. The Labute approximate surface area is 203 Å². The Morgan fingerprint density at radius 2 is 1.91 bits per heavy atom. The van der Waals surface area contributed by atoms with E-state index in [0.717, 1.165) is 22.2 Å². The third kappa shape index (κ3) is 5.15. The maximum absolute atomic E-state index is 13.4. The number of aromatic nitrogens is 3. The van der Waals surface area contributed by atoms with Crippen LogP contribution in [0.25, 0.3) is 11.4 Å². The van der Waals surface area contributed by atoms with E-state index in [0.29, 0.717) is 28.0 Å². The van der Waals surface area contributed by atoms with Crippen LogP contribution in [0, 0.1) is 5.82 Å². The number of nitrogens with zero attached hydrogens (tertiary/aromatic N) is 3. The van der Waals surface area contributed by atoms with Crippen molar-refractivity contribution in [1.82, 2.24) is 20.2 Å². The number of carbonyl (C=O) groups is 1. The molecule has 0 aliphatic heterocycles. The lowest BCUT2D eigenvalue weighted by atomic mass is 10.1. The van der Waals surface area contributed by atoms with Gasteiger partial charge in [-0.25, -0.2) is 9.07 Å². The molecule has 0 saturated heterocycles. The van der Waals surface area contributed by atoms with Gasteiger partial charge in [-0.2, -0.15) is 0 Å². The first-order valence-electron chi connectivity index (χ1n) is 10.1. The molecule has 2 aromatic carbocycles. The Kier molecular flexibility index (Phi) is 7.33. The highest BCUT2D eigenvalue weighted by molar-refractivity contribution is 7.99. The van der Waals surface area contributed by atoms with E-state index in [1.807, 2.05) is 17.5 Å². The molecule has 0 aliphatic rings. The zero-order valence-electron chi connectivity index (χ0n) is 18.4. The Hall–Kier alpha value is -3.57. The van der Waals surface area contributed by atoms with Crippen LogP contribution in [0.15, 0.2) is 65.1 Å². The number of hydrogen-bond acceptors (Lipinski definition) is 8. The molecule has 3 N–H and O–H groups in total. The molecule has 176 valence electrons. The van der Waals surface area contributed by atoms with Crippen LogP contribution in [0.4, 0.5) is 4.39 Å². The van der Waals surface area contributed by atoms with Gasteiger partial charge in [0.05, 0.1) is 26.0 Å². The molecule has 0 aliphatic carbocycles. The number of rotatable bonds is 9. The fraction of sp³-hybridized carbons (Fsp3) is 0.174. The molecular weight excluding hydrogens is 477 g/mol. The van der Waals surface area contributed by atoms with Crippen LogP contribution in [-0.2, 0) is 4.79 Å². The number of nitrogens with two attached hydrogens (primary N) is 1. The van der Waals surface area contributed by atoms with E-state index in [-0.39, 0.29) is 23.5 Å². The molecule has 1 atom stereocenters. The largest absolute Gasteiger partial charge is 0.493 e. The molecule has 0 spiro atoms. The van der Waals surface area contributed by atoms with E-state index >= 15 is 0 Å². The minimum absolute atomic E-state index is 0.0737. The highest BCUT2D eigenvalue weighted by Crippen LogP contribution is 2.32. The van der Waals surface area contributed by atoms with Crippen LogP contribution in [0.1, 0.15) is 16.5 Å².